The zero-order valence-electron chi connectivity index (χ0n) is 20.0. The molecule has 1 heterocycles. The average Bonchev–Trinajstić information content (AvgIpc) is 3.06. The van der Waals surface area contributed by atoms with E-state index < -0.39 is 11.9 Å². The molecule has 3 aromatic rings. The highest BCUT2D eigenvalue weighted by Crippen LogP contribution is 2.45. The quantitative estimate of drug-likeness (QED) is 0.362. The number of hydrogen-bond donors (Lipinski definition) is 1. The molecule has 0 spiro atoms. The fraction of sp³-hybridized carbons (Fsp3) is 0.310. The molecule has 1 atom stereocenters. The van der Waals surface area contributed by atoms with Gasteiger partial charge < -0.3 is 9.84 Å². The number of carbonyl (C=O) groups excluding carboxylic acids is 1. The predicted molar refractivity (Wildman–Crippen MR) is 130 cm³/mol. The number of fused-ring (bicyclic) bond motifs is 1. The maximum atomic E-state index is 13.1. The van der Waals surface area contributed by atoms with E-state index in [1.54, 1.807) is 6.07 Å². The lowest BCUT2D eigenvalue weighted by molar-refractivity contribution is -0.133. The second-order valence-corrected chi connectivity index (χ2v) is 10.8. The second kappa shape index (κ2) is 7.87. The molecule has 0 aromatic heterocycles. The van der Waals surface area contributed by atoms with Crippen molar-refractivity contribution in [2.75, 3.05) is 0 Å². The topological polar surface area (TPSA) is 63.6 Å². The molecule has 3 aromatic carbocycles. The fourth-order valence-corrected chi connectivity index (χ4v) is 4.34. The van der Waals surface area contributed by atoms with Crippen LogP contribution < -0.4 is 4.74 Å². The van der Waals surface area contributed by atoms with Gasteiger partial charge in [0.1, 0.15) is 11.7 Å². The minimum atomic E-state index is -0.996. The summed E-state index contributed by atoms with van der Waals surface area (Å²) in [6.07, 6.45) is 0. The van der Waals surface area contributed by atoms with Crippen molar-refractivity contribution < 1.29 is 19.4 Å². The van der Waals surface area contributed by atoms with Crippen LogP contribution in [0.4, 0.5) is 0 Å². The molecule has 33 heavy (non-hydrogen) atoms. The van der Waals surface area contributed by atoms with Crippen molar-refractivity contribution in [3.8, 4) is 16.9 Å². The van der Waals surface area contributed by atoms with E-state index in [0.717, 1.165) is 27.8 Å². The number of carboxylic acid groups (broad SMARTS) is 1. The first-order valence-corrected chi connectivity index (χ1v) is 11.2. The Kier molecular flexibility index (Phi) is 5.44. The van der Waals surface area contributed by atoms with Crippen molar-refractivity contribution >= 4 is 11.9 Å². The third-order valence-electron chi connectivity index (χ3n) is 6.31. The first kappa shape index (κ1) is 22.8. The highest BCUT2D eigenvalue weighted by atomic mass is 16.5. The molecule has 0 fully saturated rings. The van der Waals surface area contributed by atoms with Gasteiger partial charge in [-0.05, 0) is 56.8 Å². The largest absolute Gasteiger partial charge is 0.478 e. The van der Waals surface area contributed by atoms with Crippen LogP contribution in [0.5, 0.6) is 5.75 Å². The van der Waals surface area contributed by atoms with Gasteiger partial charge in [0.15, 0.2) is 0 Å². The summed E-state index contributed by atoms with van der Waals surface area (Å²) in [5.41, 5.74) is 5.04. The van der Waals surface area contributed by atoms with E-state index in [1.807, 2.05) is 54.6 Å². The first-order chi connectivity index (χ1) is 15.4. The molecule has 0 amide bonds. The molecular weight excluding hydrogens is 412 g/mol. The van der Waals surface area contributed by atoms with Crippen LogP contribution in [0.3, 0.4) is 0 Å². The van der Waals surface area contributed by atoms with Gasteiger partial charge in [-0.2, -0.15) is 0 Å². The summed E-state index contributed by atoms with van der Waals surface area (Å²) in [4.78, 5) is 25.2. The summed E-state index contributed by atoms with van der Waals surface area (Å²) >= 11 is 0. The molecule has 0 aliphatic carbocycles. The lowest BCUT2D eigenvalue weighted by Crippen LogP contribution is -2.15. The van der Waals surface area contributed by atoms with Crippen LogP contribution in [0, 0.1) is 0 Å². The number of hydrogen-bond acceptors (Lipinski definition) is 3. The maximum Gasteiger partial charge on any atom is 0.336 e. The molecule has 4 heteroatoms. The van der Waals surface area contributed by atoms with Gasteiger partial charge in [0.25, 0.3) is 0 Å². The number of aromatic carboxylic acids is 1. The van der Waals surface area contributed by atoms with Gasteiger partial charge in [-0.1, -0.05) is 84.0 Å². The molecule has 170 valence electrons. The highest BCUT2D eigenvalue weighted by molar-refractivity contribution is 5.98. The van der Waals surface area contributed by atoms with E-state index in [0.29, 0.717) is 11.3 Å². The van der Waals surface area contributed by atoms with Crippen LogP contribution in [-0.2, 0) is 15.6 Å². The Balaban J connectivity index is 1.95. The lowest BCUT2D eigenvalue weighted by atomic mass is 9.80. The number of ether oxygens (including phenoxy) is 1. The Morgan fingerprint density at radius 3 is 2.03 bits per heavy atom. The Morgan fingerprint density at radius 2 is 1.39 bits per heavy atom. The van der Waals surface area contributed by atoms with E-state index in [9.17, 15) is 14.7 Å². The average molecular weight is 443 g/mol. The van der Waals surface area contributed by atoms with Gasteiger partial charge in [-0.15, -0.1) is 0 Å². The Labute approximate surface area is 195 Å². The van der Waals surface area contributed by atoms with Crippen molar-refractivity contribution in [2.45, 2.75) is 58.3 Å². The van der Waals surface area contributed by atoms with Gasteiger partial charge in [-0.25, -0.2) is 4.79 Å². The van der Waals surface area contributed by atoms with Crippen LogP contribution in [0.25, 0.3) is 11.1 Å². The monoisotopic (exact) mass is 442 g/mol. The number of benzene rings is 3. The number of carboxylic acids is 1. The van der Waals surface area contributed by atoms with Gasteiger partial charge >= 0.3 is 11.9 Å². The SMILES string of the molecule is CC(C)(C)c1ccc(C(=O)O)c(-c2ccccc2C2C(=O)Oc3ccc(C(C)(C)C)cc32)c1. The Bertz CT molecular complexity index is 1260. The first-order valence-electron chi connectivity index (χ1n) is 11.2. The highest BCUT2D eigenvalue weighted by Gasteiger charge is 2.37. The molecular formula is C29H30O4. The van der Waals surface area contributed by atoms with E-state index in [4.69, 9.17) is 4.74 Å². The molecule has 0 radical (unpaired) electrons. The normalized spacial score (nSPS) is 15.8. The lowest BCUT2D eigenvalue weighted by Gasteiger charge is -2.23. The number of esters is 1. The minimum Gasteiger partial charge on any atom is -0.478 e. The standard InChI is InChI=1S/C29H30O4/c1-28(2,3)17-11-13-21(26(30)31)22(15-17)19-9-7-8-10-20(19)25-23-16-18(29(4,5)6)12-14-24(23)33-27(25)32/h7-16,25H,1-6H3,(H,30,31). The Hall–Kier alpha value is -3.40. The number of rotatable bonds is 3. The van der Waals surface area contributed by atoms with Crippen molar-refractivity contribution in [1.82, 2.24) is 0 Å². The zero-order valence-corrected chi connectivity index (χ0v) is 20.0. The van der Waals surface area contributed by atoms with E-state index in [1.165, 1.54) is 0 Å². The molecule has 4 nitrogen and oxygen atoms in total. The molecule has 0 bridgehead atoms. The summed E-state index contributed by atoms with van der Waals surface area (Å²) in [6, 6.07) is 18.9. The van der Waals surface area contributed by atoms with Crippen LogP contribution in [-0.4, -0.2) is 17.0 Å². The van der Waals surface area contributed by atoms with Crippen LogP contribution in [0.2, 0.25) is 0 Å². The Morgan fingerprint density at radius 1 is 0.788 bits per heavy atom. The van der Waals surface area contributed by atoms with Crippen molar-refractivity contribution in [3.05, 3.63) is 88.5 Å². The van der Waals surface area contributed by atoms with Crippen molar-refractivity contribution in [1.29, 1.82) is 0 Å². The molecule has 0 saturated heterocycles. The van der Waals surface area contributed by atoms with Gasteiger partial charge in [0, 0.05) is 5.56 Å². The predicted octanol–water partition coefficient (Wildman–Crippen LogP) is 6.70. The summed E-state index contributed by atoms with van der Waals surface area (Å²) < 4.78 is 5.63. The summed E-state index contributed by atoms with van der Waals surface area (Å²) in [6.45, 7) is 12.7. The van der Waals surface area contributed by atoms with E-state index in [2.05, 4.69) is 41.5 Å². The molecule has 4 rings (SSSR count). The molecule has 1 aliphatic heterocycles. The fourth-order valence-electron chi connectivity index (χ4n) is 4.34. The third kappa shape index (κ3) is 4.18. The van der Waals surface area contributed by atoms with E-state index >= 15 is 0 Å². The second-order valence-electron chi connectivity index (χ2n) is 10.8. The van der Waals surface area contributed by atoms with Gasteiger partial charge in [-0.3, -0.25) is 4.79 Å². The maximum absolute atomic E-state index is 13.1. The third-order valence-corrected chi connectivity index (χ3v) is 6.31. The van der Waals surface area contributed by atoms with Crippen LogP contribution in [0.1, 0.15) is 80.1 Å². The smallest absolute Gasteiger partial charge is 0.336 e. The zero-order chi connectivity index (χ0) is 24.1. The van der Waals surface area contributed by atoms with Gasteiger partial charge in [0.05, 0.1) is 5.56 Å². The number of carbonyl (C=O) groups is 2. The summed E-state index contributed by atoms with van der Waals surface area (Å²) in [5, 5.41) is 9.92. The minimum absolute atomic E-state index is 0.0811. The van der Waals surface area contributed by atoms with Crippen LogP contribution >= 0.6 is 0 Å². The van der Waals surface area contributed by atoms with Crippen molar-refractivity contribution in [3.63, 3.8) is 0 Å². The molecule has 1 unspecified atom stereocenters. The van der Waals surface area contributed by atoms with Gasteiger partial charge in [0.2, 0.25) is 0 Å². The van der Waals surface area contributed by atoms with Crippen molar-refractivity contribution in [2.24, 2.45) is 0 Å². The molecule has 1 N–H and O–H groups in total. The molecule has 0 saturated carbocycles. The van der Waals surface area contributed by atoms with E-state index in [-0.39, 0.29) is 22.4 Å². The summed E-state index contributed by atoms with van der Waals surface area (Å²) in [7, 11) is 0. The van der Waals surface area contributed by atoms with Crippen LogP contribution in [0.15, 0.2) is 60.7 Å². The summed E-state index contributed by atoms with van der Waals surface area (Å²) in [5.74, 6) is -1.38. The molecule has 1 aliphatic rings.